The van der Waals surface area contributed by atoms with Crippen molar-refractivity contribution in [2.75, 3.05) is 17.7 Å². The molecule has 0 heterocycles. The zero-order valence-corrected chi connectivity index (χ0v) is 12.7. The van der Waals surface area contributed by atoms with E-state index in [0.29, 0.717) is 17.3 Å². The highest BCUT2D eigenvalue weighted by Crippen LogP contribution is 2.27. The number of carboxylic acid groups (broad SMARTS) is 1. The van der Waals surface area contributed by atoms with Crippen molar-refractivity contribution in [3.05, 3.63) is 58.1 Å². The highest BCUT2D eigenvalue weighted by Gasteiger charge is 2.11. The molecule has 21 heavy (non-hydrogen) atoms. The number of carboxylic acids is 1. The van der Waals surface area contributed by atoms with Crippen molar-refractivity contribution < 1.29 is 9.90 Å². The fourth-order valence-electron chi connectivity index (χ4n) is 2.16. The summed E-state index contributed by atoms with van der Waals surface area (Å²) < 4.78 is 0. The van der Waals surface area contributed by atoms with Crippen molar-refractivity contribution >= 4 is 28.9 Å². The molecule has 0 aliphatic carbocycles. The fourth-order valence-corrected chi connectivity index (χ4v) is 2.45. The van der Waals surface area contributed by atoms with Crippen LogP contribution in [0.25, 0.3) is 0 Å². The number of rotatable bonds is 4. The second-order valence-electron chi connectivity index (χ2n) is 5.03. The SMILES string of the molecule is Cc1ccc(CN(C)c2ccc(C(=O)O)cc2N)c(Cl)c1. The van der Waals surface area contributed by atoms with E-state index in [4.69, 9.17) is 22.4 Å². The van der Waals surface area contributed by atoms with E-state index in [-0.39, 0.29) is 5.56 Å². The van der Waals surface area contributed by atoms with Crippen molar-refractivity contribution in [2.45, 2.75) is 13.5 Å². The quantitative estimate of drug-likeness (QED) is 0.848. The van der Waals surface area contributed by atoms with Crippen LogP contribution in [0, 0.1) is 6.92 Å². The number of aryl methyl sites for hydroxylation is 1. The minimum Gasteiger partial charge on any atom is -0.478 e. The molecular weight excluding hydrogens is 288 g/mol. The molecule has 110 valence electrons. The average molecular weight is 305 g/mol. The molecule has 0 bridgehead atoms. The summed E-state index contributed by atoms with van der Waals surface area (Å²) in [7, 11) is 1.89. The summed E-state index contributed by atoms with van der Waals surface area (Å²) in [5.41, 5.74) is 9.42. The van der Waals surface area contributed by atoms with Crippen LogP contribution in [-0.4, -0.2) is 18.1 Å². The number of aromatic carboxylic acids is 1. The van der Waals surface area contributed by atoms with Crippen molar-refractivity contribution in [1.29, 1.82) is 0 Å². The predicted octanol–water partition coefficient (Wildman–Crippen LogP) is 3.57. The Balaban J connectivity index is 2.24. The van der Waals surface area contributed by atoms with Gasteiger partial charge in [0.05, 0.1) is 16.9 Å². The Hall–Kier alpha value is -2.20. The van der Waals surface area contributed by atoms with Crippen LogP contribution in [0.2, 0.25) is 5.02 Å². The van der Waals surface area contributed by atoms with Crippen molar-refractivity contribution in [1.82, 2.24) is 0 Å². The molecule has 0 aliphatic rings. The zero-order chi connectivity index (χ0) is 15.6. The molecule has 0 aromatic heterocycles. The Morgan fingerprint density at radius 1 is 1.29 bits per heavy atom. The van der Waals surface area contributed by atoms with E-state index < -0.39 is 5.97 Å². The van der Waals surface area contributed by atoms with E-state index in [1.54, 1.807) is 12.1 Å². The summed E-state index contributed by atoms with van der Waals surface area (Å²) in [5, 5.41) is 9.66. The molecule has 4 nitrogen and oxygen atoms in total. The van der Waals surface area contributed by atoms with Gasteiger partial charge in [0.15, 0.2) is 0 Å². The number of nitrogen functional groups attached to an aromatic ring is 1. The number of hydrogen-bond donors (Lipinski definition) is 2. The number of nitrogens with two attached hydrogens (primary N) is 1. The lowest BCUT2D eigenvalue weighted by atomic mass is 10.1. The van der Waals surface area contributed by atoms with Crippen molar-refractivity contribution in [2.24, 2.45) is 0 Å². The molecule has 0 saturated carbocycles. The molecule has 2 rings (SSSR count). The Bertz CT molecular complexity index is 686. The first-order valence-corrected chi connectivity index (χ1v) is 6.85. The average Bonchev–Trinajstić information content (AvgIpc) is 2.41. The van der Waals surface area contributed by atoms with Crippen molar-refractivity contribution in [3.8, 4) is 0 Å². The number of anilines is 2. The van der Waals surface area contributed by atoms with Gasteiger partial charge in [-0.3, -0.25) is 0 Å². The van der Waals surface area contributed by atoms with Crippen LogP contribution in [0.3, 0.4) is 0 Å². The largest absolute Gasteiger partial charge is 0.478 e. The van der Waals surface area contributed by atoms with E-state index in [0.717, 1.165) is 16.8 Å². The monoisotopic (exact) mass is 304 g/mol. The topological polar surface area (TPSA) is 66.6 Å². The predicted molar refractivity (Wildman–Crippen MR) is 86.1 cm³/mol. The second-order valence-corrected chi connectivity index (χ2v) is 5.44. The zero-order valence-electron chi connectivity index (χ0n) is 11.9. The molecule has 0 aliphatic heterocycles. The molecule has 0 saturated heterocycles. The van der Waals surface area contributed by atoms with Gasteiger partial charge in [0, 0.05) is 18.6 Å². The summed E-state index contributed by atoms with van der Waals surface area (Å²) in [5.74, 6) is -0.988. The van der Waals surface area contributed by atoms with Gasteiger partial charge in [-0.1, -0.05) is 23.7 Å². The first-order chi connectivity index (χ1) is 9.88. The lowest BCUT2D eigenvalue weighted by Crippen LogP contribution is -2.18. The van der Waals surface area contributed by atoms with Crippen LogP contribution < -0.4 is 10.6 Å². The van der Waals surface area contributed by atoms with E-state index in [1.807, 2.05) is 37.1 Å². The van der Waals surface area contributed by atoms with Gasteiger partial charge in [-0.25, -0.2) is 4.79 Å². The molecule has 0 amide bonds. The molecule has 0 atom stereocenters. The fraction of sp³-hybridized carbons (Fsp3) is 0.188. The molecule has 2 aromatic carbocycles. The number of nitrogens with zero attached hydrogens (tertiary/aromatic N) is 1. The number of benzene rings is 2. The third-order valence-electron chi connectivity index (χ3n) is 3.30. The molecule has 0 fully saturated rings. The van der Waals surface area contributed by atoms with Crippen LogP contribution in [0.5, 0.6) is 0 Å². The standard InChI is InChI=1S/C16H17ClN2O2/c1-10-3-4-12(13(17)7-10)9-19(2)15-6-5-11(16(20)21)8-14(15)18/h3-8H,9,18H2,1-2H3,(H,20,21). The lowest BCUT2D eigenvalue weighted by molar-refractivity contribution is 0.0697. The van der Waals surface area contributed by atoms with E-state index in [9.17, 15) is 4.79 Å². The van der Waals surface area contributed by atoms with E-state index in [1.165, 1.54) is 6.07 Å². The molecule has 0 radical (unpaired) electrons. The van der Waals surface area contributed by atoms with Crippen LogP contribution in [0.4, 0.5) is 11.4 Å². The summed E-state index contributed by atoms with van der Waals surface area (Å²) >= 11 is 6.23. The summed E-state index contributed by atoms with van der Waals surface area (Å²) in [6, 6.07) is 10.6. The van der Waals surface area contributed by atoms with Gasteiger partial charge < -0.3 is 15.7 Å². The van der Waals surface area contributed by atoms with E-state index >= 15 is 0 Å². The molecule has 3 N–H and O–H groups in total. The lowest BCUT2D eigenvalue weighted by Gasteiger charge is -2.22. The highest BCUT2D eigenvalue weighted by atomic mass is 35.5. The van der Waals surface area contributed by atoms with Crippen molar-refractivity contribution in [3.63, 3.8) is 0 Å². The second kappa shape index (κ2) is 6.06. The summed E-state index contributed by atoms with van der Waals surface area (Å²) in [6.07, 6.45) is 0. The van der Waals surface area contributed by atoms with Gasteiger partial charge in [0.1, 0.15) is 0 Å². The number of carbonyl (C=O) groups is 1. The van der Waals surface area contributed by atoms with Gasteiger partial charge >= 0.3 is 5.97 Å². The maximum Gasteiger partial charge on any atom is 0.335 e. The third kappa shape index (κ3) is 3.47. The summed E-state index contributed by atoms with van der Waals surface area (Å²) in [6.45, 7) is 2.58. The van der Waals surface area contributed by atoms with Gasteiger partial charge in [-0.15, -0.1) is 0 Å². The molecule has 0 unspecified atom stereocenters. The van der Waals surface area contributed by atoms with Gasteiger partial charge in [-0.2, -0.15) is 0 Å². The maximum absolute atomic E-state index is 10.9. The Morgan fingerprint density at radius 3 is 2.57 bits per heavy atom. The Morgan fingerprint density at radius 2 is 2.00 bits per heavy atom. The minimum absolute atomic E-state index is 0.179. The first-order valence-electron chi connectivity index (χ1n) is 6.47. The molecule has 2 aromatic rings. The van der Waals surface area contributed by atoms with Crippen LogP contribution in [0.15, 0.2) is 36.4 Å². The van der Waals surface area contributed by atoms with Gasteiger partial charge in [0.2, 0.25) is 0 Å². The first kappa shape index (κ1) is 15.2. The number of halogens is 1. The van der Waals surface area contributed by atoms with Gasteiger partial charge in [0.25, 0.3) is 0 Å². The normalized spacial score (nSPS) is 10.4. The summed E-state index contributed by atoms with van der Waals surface area (Å²) in [4.78, 5) is 12.9. The Kier molecular flexibility index (Phi) is 4.38. The van der Waals surface area contributed by atoms with Gasteiger partial charge in [-0.05, 0) is 42.3 Å². The molecule has 0 spiro atoms. The van der Waals surface area contributed by atoms with Crippen LogP contribution in [0.1, 0.15) is 21.5 Å². The maximum atomic E-state index is 10.9. The molecular formula is C16H17ClN2O2. The highest BCUT2D eigenvalue weighted by molar-refractivity contribution is 6.31. The Labute approximate surface area is 128 Å². The minimum atomic E-state index is -0.988. The molecule has 5 heteroatoms. The van der Waals surface area contributed by atoms with Crippen LogP contribution in [-0.2, 0) is 6.54 Å². The van der Waals surface area contributed by atoms with Crippen LogP contribution >= 0.6 is 11.6 Å². The number of hydrogen-bond acceptors (Lipinski definition) is 3. The third-order valence-corrected chi connectivity index (χ3v) is 3.65. The smallest absolute Gasteiger partial charge is 0.335 e. The van der Waals surface area contributed by atoms with E-state index in [2.05, 4.69) is 0 Å².